The maximum absolute atomic E-state index is 11.3. The van der Waals surface area contributed by atoms with Gasteiger partial charge in [-0.1, -0.05) is 0 Å². The molecule has 0 aliphatic carbocycles. The van der Waals surface area contributed by atoms with Gasteiger partial charge in [-0.3, -0.25) is 9.69 Å². The van der Waals surface area contributed by atoms with Crippen molar-refractivity contribution in [2.75, 3.05) is 20.1 Å². The molecule has 0 aromatic carbocycles. The Morgan fingerprint density at radius 2 is 2.53 bits per heavy atom. The molecule has 6 heteroatoms. The Morgan fingerprint density at radius 1 is 1.68 bits per heavy atom. The zero-order valence-electron chi connectivity index (χ0n) is 11.4. The van der Waals surface area contributed by atoms with Gasteiger partial charge in [0.2, 0.25) is 5.91 Å². The van der Waals surface area contributed by atoms with Gasteiger partial charge < -0.3 is 15.4 Å². The van der Waals surface area contributed by atoms with Crippen LogP contribution in [0.15, 0.2) is 12.5 Å². The van der Waals surface area contributed by atoms with Gasteiger partial charge in [0.1, 0.15) is 0 Å². The van der Waals surface area contributed by atoms with Crippen molar-refractivity contribution in [2.24, 2.45) is 0 Å². The van der Waals surface area contributed by atoms with Crippen molar-refractivity contribution >= 4 is 5.91 Å². The number of aromatic nitrogens is 2. The molecule has 6 nitrogen and oxygen atoms in total. The van der Waals surface area contributed by atoms with E-state index in [2.05, 4.69) is 20.2 Å². The summed E-state index contributed by atoms with van der Waals surface area (Å²) in [6.07, 6.45) is 6.09. The molecule has 19 heavy (non-hydrogen) atoms. The normalized spacial score (nSPS) is 24.3. The Hall–Kier alpha value is -1.40. The molecule has 2 rings (SSSR count). The molecule has 106 valence electrons. The Kier molecular flexibility index (Phi) is 4.55. The van der Waals surface area contributed by atoms with Crippen LogP contribution in [0.2, 0.25) is 0 Å². The fourth-order valence-electron chi connectivity index (χ4n) is 2.63. The highest BCUT2D eigenvalue weighted by molar-refractivity contribution is 5.75. The highest BCUT2D eigenvalue weighted by atomic mass is 16.3. The molecular formula is C13H22N4O2. The summed E-state index contributed by atoms with van der Waals surface area (Å²) in [6.45, 7) is 2.35. The number of nitrogens with zero attached hydrogens (tertiary/aromatic N) is 2. The number of carbonyl (C=O) groups excluding carboxylic acids is 1. The molecule has 2 heterocycles. The second-order valence-electron chi connectivity index (χ2n) is 5.29. The standard InChI is InChI=1S/C13H22N4O2/c1-14-12(18)3-5-13(19)4-2-6-17(9-13)8-11-7-15-10-16-11/h7,10,19H,2-6,8-9H2,1H3,(H,14,18)(H,15,16). The molecular weight excluding hydrogens is 244 g/mol. The fourth-order valence-corrected chi connectivity index (χ4v) is 2.63. The second kappa shape index (κ2) is 6.16. The Labute approximate surface area is 113 Å². The van der Waals surface area contributed by atoms with E-state index in [0.29, 0.717) is 19.4 Å². The number of H-pyrrole nitrogens is 1. The molecule has 0 saturated carbocycles. The van der Waals surface area contributed by atoms with E-state index >= 15 is 0 Å². The molecule has 0 spiro atoms. The van der Waals surface area contributed by atoms with Crippen LogP contribution < -0.4 is 5.32 Å². The summed E-state index contributed by atoms with van der Waals surface area (Å²) in [5.74, 6) is -0.0147. The molecule has 1 saturated heterocycles. The summed E-state index contributed by atoms with van der Waals surface area (Å²) in [4.78, 5) is 20.6. The maximum atomic E-state index is 11.3. The summed E-state index contributed by atoms with van der Waals surface area (Å²) in [6, 6.07) is 0. The number of nitrogens with one attached hydrogen (secondary N) is 2. The van der Waals surface area contributed by atoms with Crippen LogP contribution in [-0.4, -0.2) is 51.6 Å². The van der Waals surface area contributed by atoms with E-state index in [1.165, 1.54) is 0 Å². The average Bonchev–Trinajstić information content (AvgIpc) is 2.89. The van der Waals surface area contributed by atoms with Crippen molar-refractivity contribution in [3.8, 4) is 0 Å². The van der Waals surface area contributed by atoms with E-state index in [4.69, 9.17) is 0 Å². The molecule has 1 aromatic rings. The summed E-state index contributed by atoms with van der Waals surface area (Å²) in [5, 5.41) is 13.2. The number of piperidine rings is 1. The molecule has 3 N–H and O–H groups in total. The number of aromatic amines is 1. The number of rotatable bonds is 5. The van der Waals surface area contributed by atoms with Crippen LogP contribution in [0.3, 0.4) is 0 Å². The Morgan fingerprint density at radius 3 is 3.21 bits per heavy atom. The summed E-state index contributed by atoms with van der Waals surface area (Å²) in [7, 11) is 1.62. The molecule has 1 unspecified atom stereocenters. The molecule has 1 fully saturated rings. The van der Waals surface area contributed by atoms with Crippen molar-refractivity contribution in [3.63, 3.8) is 0 Å². The highest BCUT2D eigenvalue weighted by Crippen LogP contribution is 2.26. The number of hydrogen-bond acceptors (Lipinski definition) is 4. The van der Waals surface area contributed by atoms with Crippen LogP contribution in [0, 0.1) is 0 Å². The lowest BCUT2D eigenvalue weighted by molar-refractivity contribution is -0.122. The van der Waals surface area contributed by atoms with Crippen LogP contribution in [0.5, 0.6) is 0 Å². The lowest BCUT2D eigenvalue weighted by Gasteiger charge is -2.39. The third-order valence-electron chi connectivity index (χ3n) is 3.68. The van der Waals surface area contributed by atoms with Crippen molar-refractivity contribution in [3.05, 3.63) is 18.2 Å². The number of likely N-dealkylation sites (tertiary alicyclic amines) is 1. The average molecular weight is 266 g/mol. The van der Waals surface area contributed by atoms with Crippen molar-refractivity contribution < 1.29 is 9.90 Å². The second-order valence-corrected chi connectivity index (χ2v) is 5.29. The lowest BCUT2D eigenvalue weighted by Crippen LogP contribution is -2.48. The van der Waals surface area contributed by atoms with E-state index in [9.17, 15) is 9.90 Å². The van der Waals surface area contributed by atoms with Gasteiger partial charge in [-0.15, -0.1) is 0 Å². The summed E-state index contributed by atoms with van der Waals surface area (Å²) >= 11 is 0. The van der Waals surface area contributed by atoms with Gasteiger partial charge in [0.25, 0.3) is 0 Å². The molecule has 1 atom stereocenters. The minimum Gasteiger partial charge on any atom is -0.389 e. The SMILES string of the molecule is CNC(=O)CCC1(O)CCCN(Cc2cnc[nH]2)C1. The number of aliphatic hydroxyl groups is 1. The summed E-state index contributed by atoms with van der Waals surface area (Å²) in [5.41, 5.74) is 0.306. The predicted octanol–water partition coefficient (Wildman–Crippen LogP) is 0.263. The third kappa shape index (κ3) is 4.04. The largest absolute Gasteiger partial charge is 0.389 e. The molecule has 1 aliphatic rings. The number of β-amino-alcohol motifs (C(OH)–C–C–N with tert-alkyl or cyclic N) is 1. The first kappa shape index (κ1) is 14.0. The first-order valence-corrected chi connectivity index (χ1v) is 6.74. The third-order valence-corrected chi connectivity index (χ3v) is 3.68. The fraction of sp³-hybridized carbons (Fsp3) is 0.692. The van der Waals surface area contributed by atoms with Gasteiger partial charge in [0.15, 0.2) is 0 Å². The topological polar surface area (TPSA) is 81.2 Å². The van der Waals surface area contributed by atoms with Crippen LogP contribution in [-0.2, 0) is 11.3 Å². The smallest absolute Gasteiger partial charge is 0.219 e. The first-order chi connectivity index (χ1) is 9.11. The number of imidazole rings is 1. The van der Waals surface area contributed by atoms with Crippen LogP contribution in [0.25, 0.3) is 0 Å². The minimum absolute atomic E-state index is 0.0147. The quantitative estimate of drug-likeness (QED) is 0.714. The number of carbonyl (C=O) groups is 1. The Balaban J connectivity index is 1.86. The monoisotopic (exact) mass is 266 g/mol. The summed E-state index contributed by atoms with van der Waals surface area (Å²) < 4.78 is 0. The van der Waals surface area contributed by atoms with Crippen LogP contribution >= 0.6 is 0 Å². The van der Waals surface area contributed by atoms with E-state index < -0.39 is 5.60 Å². The predicted molar refractivity (Wildman–Crippen MR) is 71.3 cm³/mol. The van der Waals surface area contributed by atoms with E-state index in [1.54, 1.807) is 19.6 Å². The Bertz CT molecular complexity index is 407. The van der Waals surface area contributed by atoms with Gasteiger partial charge in [-0.05, 0) is 25.8 Å². The molecule has 1 aromatic heterocycles. The first-order valence-electron chi connectivity index (χ1n) is 6.74. The molecule has 0 bridgehead atoms. The van der Waals surface area contributed by atoms with Gasteiger partial charge in [0.05, 0.1) is 11.9 Å². The molecule has 1 amide bonds. The van der Waals surface area contributed by atoms with E-state index in [0.717, 1.165) is 31.6 Å². The molecule has 1 aliphatic heterocycles. The van der Waals surface area contributed by atoms with Crippen molar-refractivity contribution in [1.29, 1.82) is 0 Å². The van der Waals surface area contributed by atoms with E-state index in [1.807, 2.05) is 0 Å². The zero-order valence-corrected chi connectivity index (χ0v) is 11.4. The van der Waals surface area contributed by atoms with Crippen LogP contribution in [0.1, 0.15) is 31.4 Å². The minimum atomic E-state index is -0.745. The van der Waals surface area contributed by atoms with Gasteiger partial charge in [-0.25, -0.2) is 4.98 Å². The van der Waals surface area contributed by atoms with Crippen LogP contribution in [0.4, 0.5) is 0 Å². The van der Waals surface area contributed by atoms with Gasteiger partial charge >= 0.3 is 0 Å². The van der Waals surface area contributed by atoms with Crippen molar-refractivity contribution in [2.45, 2.75) is 37.8 Å². The van der Waals surface area contributed by atoms with E-state index in [-0.39, 0.29) is 5.91 Å². The maximum Gasteiger partial charge on any atom is 0.219 e. The zero-order chi connectivity index (χ0) is 13.7. The number of hydrogen-bond donors (Lipinski definition) is 3. The van der Waals surface area contributed by atoms with Crippen molar-refractivity contribution in [1.82, 2.24) is 20.2 Å². The van der Waals surface area contributed by atoms with Gasteiger partial charge in [-0.2, -0.15) is 0 Å². The van der Waals surface area contributed by atoms with Gasteiger partial charge in [0, 0.05) is 38.4 Å². The molecule has 0 radical (unpaired) electrons. The lowest BCUT2D eigenvalue weighted by atomic mass is 9.88. The number of amides is 1. The highest BCUT2D eigenvalue weighted by Gasteiger charge is 2.33.